The third-order valence-corrected chi connectivity index (χ3v) is 7.10. The number of hydrogen-bond donors (Lipinski definition) is 1. The molecule has 11 heteroatoms. The fourth-order valence-corrected chi connectivity index (χ4v) is 5.38. The van der Waals surface area contributed by atoms with Gasteiger partial charge in [0.1, 0.15) is 24.3 Å². The lowest BCUT2D eigenvalue weighted by molar-refractivity contribution is 0.0699. The quantitative estimate of drug-likeness (QED) is 0.324. The largest absolute Gasteiger partial charge is 0.491 e. The number of aromatic carboxylic acids is 1. The molecule has 37 heavy (non-hydrogen) atoms. The van der Waals surface area contributed by atoms with Crippen LogP contribution in [0.2, 0.25) is 5.02 Å². The summed E-state index contributed by atoms with van der Waals surface area (Å²) in [7, 11) is 0. The van der Waals surface area contributed by atoms with Gasteiger partial charge in [0, 0.05) is 33.4 Å². The first-order valence-electron chi connectivity index (χ1n) is 11.1. The van der Waals surface area contributed by atoms with Crippen LogP contribution in [0.3, 0.4) is 0 Å². The van der Waals surface area contributed by atoms with Crippen molar-refractivity contribution in [1.82, 2.24) is 19.5 Å². The predicted octanol–water partition coefficient (Wildman–Crippen LogP) is 4.99. The number of benzene rings is 1. The van der Waals surface area contributed by atoms with Crippen molar-refractivity contribution in [3.8, 4) is 22.9 Å². The highest BCUT2D eigenvalue weighted by Gasteiger charge is 2.19. The zero-order valence-corrected chi connectivity index (χ0v) is 21.2. The molecule has 0 saturated heterocycles. The number of aromatic nitrogens is 4. The van der Waals surface area contributed by atoms with E-state index in [1.165, 1.54) is 28.3 Å². The lowest BCUT2D eigenvalue weighted by Gasteiger charge is -2.15. The van der Waals surface area contributed by atoms with Crippen LogP contribution in [0.1, 0.15) is 27.4 Å². The number of nitrogens with zero attached hydrogens (tertiary/aromatic N) is 5. The molecule has 0 saturated carbocycles. The Morgan fingerprint density at radius 2 is 2.03 bits per heavy atom. The summed E-state index contributed by atoms with van der Waals surface area (Å²) in [5, 5.41) is 21.2. The van der Waals surface area contributed by atoms with Gasteiger partial charge >= 0.3 is 5.97 Å². The highest BCUT2D eigenvalue weighted by Crippen LogP contribution is 2.40. The minimum atomic E-state index is -1.04. The molecule has 9 nitrogen and oxygen atoms in total. The molecule has 1 N–H and O–H groups in total. The smallest absolute Gasteiger partial charge is 0.338 e. The van der Waals surface area contributed by atoms with Crippen LogP contribution < -0.4 is 10.3 Å². The highest BCUT2D eigenvalue weighted by molar-refractivity contribution is 7.18. The molecular weight excluding hydrogens is 514 g/mol. The lowest BCUT2D eigenvalue weighted by atomic mass is 10.0. The Morgan fingerprint density at radius 3 is 2.78 bits per heavy atom. The van der Waals surface area contributed by atoms with Gasteiger partial charge in [0.05, 0.1) is 45.0 Å². The van der Waals surface area contributed by atoms with Gasteiger partial charge < -0.3 is 9.84 Å². The molecule has 0 amide bonds. The van der Waals surface area contributed by atoms with Gasteiger partial charge in [0.15, 0.2) is 0 Å². The maximum absolute atomic E-state index is 13.2. The highest BCUT2D eigenvalue weighted by atomic mass is 35.5. The van der Waals surface area contributed by atoms with Gasteiger partial charge in [-0.1, -0.05) is 11.6 Å². The van der Waals surface area contributed by atoms with Crippen LogP contribution in [0, 0.1) is 25.2 Å². The molecule has 0 bridgehead atoms. The summed E-state index contributed by atoms with van der Waals surface area (Å²) >= 11 is 7.61. The number of halogens is 1. The molecule has 5 rings (SSSR count). The number of hydrogen-bond acceptors (Lipinski definition) is 8. The molecule has 0 aliphatic heterocycles. The molecule has 0 aliphatic rings. The lowest BCUT2D eigenvalue weighted by Crippen LogP contribution is -2.27. The number of carbonyl (C=O) groups is 1. The monoisotopic (exact) mass is 531 g/mol. The summed E-state index contributed by atoms with van der Waals surface area (Å²) in [6.45, 7) is 3.83. The third kappa shape index (κ3) is 4.39. The molecule has 4 aromatic heterocycles. The molecule has 0 atom stereocenters. The molecule has 5 aromatic rings. The van der Waals surface area contributed by atoms with Gasteiger partial charge in [-0.25, -0.2) is 9.78 Å². The summed E-state index contributed by atoms with van der Waals surface area (Å²) < 4.78 is 8.29. The van der Waals surface area contributed by atoms with Crippen molar-refractivity contribution in [2.24, 2.45) is 0 Å². The maximum atomic E-state index is 13.2. The molecule has 0 unspecified atom stereocenters. The zero-order chi connectivity index (χ0) is 26.3. The number of thiophene rings is 1. The van der Waals surface area contributed by atoms with E-state index < -0.39 is 5.97 Å². The molecule has 0 radical (unpaired) electrons. The van der Waals surface area contributed by atoms with E-state index in [0.717, 1.165) is 5.56 Å². The predicted molar refractivity (Wildman–Crippen MR) is 141 cm³/mol. The Labute approximate surface area is 219 Å². The zero-order valence-electron chi connectivity index (χ0n) is 19.6. The van der Waals surface area contributed by atoms with Crippen LogP contribution >= 0.6 is 22.9 Å². The summed E-state index contributed by atoms with van der Waals surface area (Å²) in [6, 6.07) is 9.05. The van der Waals surface area contributed by atoms with E-state index in [1.807, 2.05) is 12.1 Å². The van der Waals surface area contributed by atoms with Gasteiger partial charge in [-0.3, -0.25) is 19.3 Å². The SMILES string of the molecule is Cc1cc(-c2cc(Cl)ccc2OCCn2c(C)nc3cncc(C#N)c3c2=O)c2scc(C(=O)O)c2n1. The van der Waals surface area contributed by atoms with Gasteiger partial charge in [-0.05, 0) is 38.1 Å². The summed E-state index contributed by atoms with van der Waals surface area (Å²) in [5.74, 6) is -0.0541. The van der Waals surface area contributed by atoms with E-state index in [0.29, 0.717) is 43.6 Å². The Balaban J connectivity index is 1.51. The number of fused-ring (bicyclic) bond motifs is 2. The maximum Gasteiger partial charge on any atom is 0.338 e. The Hall–Kier alpha value is -4.33. The van der Waals surface area contributed by atoms with E-state index in [2.05, 4.69) is 15.0 Å². The minimum Gasteiger partial charge on any atom is -0.491 e. The van der Waals surface area contributed by atoms with Crippen LogP contribution in [0.4, 0.5) is 0 Å². The minimum absolute atomic E-state index is 0.133. The van der Waals surface area contributed by atoms with Crippen molar-refractivity contribution in [2.75, 3.05) is 6.61 Å². The van der Waals surface area contributed by atoms with Crippen molar-refractivity contribution >= 4 is 50.0 Å². The Bertz CT molecular complexity index is 1820. The van der Waals surface area contributed by atoms with Crippen LogP contribution in [0.25, 0.3) is 32.2 Å². The topological polar surface area (TPSA) is 131 Å². The first kappa shape index (κ1) is 24.4. The number of rotatable bonds is 6. The molecule has 0 aliphatic carbocycles. The molecule has 4 heterocycles. The molecule has 1 aromatic carbocycles. The van der Waals surface area contributed by atoms with Gasteiger partial charge in [-0.2, -0.15) is 5.26 Å². The van der Waals surface area contributed by atoms with Gasteiger partial charge in [0.25, 0.3) is 5.56 Å². The summed E-state index contributed by atoms with van der Waals surface area (Å²) in [4.78, 5) is 37.7. The fraction of sp³-hybridized carbons (Fsp3) is 0.154. The second-order valence-corrected chi connectivity index (χ2v) is 9.56. The van der Waals surface area contributed by atoms with Gasteiger partial charge in [0.2, 0.25) is 0 Å². The number of carboxylic acids is 1. The molecule has 0 spiro atoms. The van der Waals surface area contributed by atoms with E-state index in [9.17, 15) is 20.0 Å². The number of nitriles is 1. The third-order valence-electron chi connectivity index (χ3n) is 5.86. The first-order chi connectivity index (χ1) is 17.8. The molecule has 0 fully saturated rings. The van der Waals surface area contributed by atoms with Crippen LogP contribution in [-0.4, -0.2) is 37.2 Å². The van der Waals surface area contributed by atoms with Gasteiger partial charge in [-0.15, -0.1) is 11.3 Å². The van der Waals surface area contributed by atoms with E-state index >= 15 is 0 Å². The van der Waals surface area contributed by atoms with Crippen molar-refractivity contribution < 1.29 is 14.6 Å². The second-order valence-electron chi connectivity index (χ2n) is 8.24. The Morgan fingerprint density at radius 1 is 1.22 bits per heavy atom. The molecular formula is C26H18ClN5O4S. The molecule has 184 valence electrons. The van der Waals surface area contributed by atoms with Crippen molar-refractivity contribution in [3.63, 3.8) is 0 Å². The average molecular weight is 532 g/mol. The fourth-order valence-electron chi connectivity index (χ4n) is 4.20. The van der Waals surface area contributed by atoms with E-state index in [-0.39, 0.29) is 35.2 Å². The Kier molecular flexibility index (Phi) is 6.33. The van der Waals surface area contributed by atoms with Crippen LogP contribution in [0.5, 0.6) is 5.75 Å². The normalized spacial score (nSPS) is 11.1. The van der Waals surface area contributed by atoms with E-state index in [4.69, 9.17) is 16.3 Å². The number of aryl methyl sites for hydroxylation is 2. The summed E-state index contributed by atoms with van der Waals surface area (Å²) in [5.41, 5.74) is 2.83. The number of carboxylic acid groups (broad SMARTS) is 1. The van der Waals surface area contributed by atoms with Crippen molar-refractivity contribution in [2.45, 2.75) is 20.4 Å². The number of ether oxygens (including phenoxy) is 1. The van der Waals surface area contributed by atoms with E-state index in [1.54, 1.807) is 37.4 Å². The standard InChI is InChI=1S/C26H18ClN5O4S/c1-13-7-18(24-23(30-13)19(12-37-24)26(34)35)17-8-16(27)3-4-21(17)36-6-5-32-14(2)31-20-11-29-10-15(9-28)22(20)25(32)33/h3-4,7-8,10-12H,5-6H2,1-2H3,(H,34,35). The van der Waals surface area contributed by atoms with Crippen molar-refractivity contribution in [3.05, 3.63) is 80.1 Å². The van der Waals surface area contributed by atoms with Crippen molar-refractivity contribution in [1.29, 1.82) is 5.26 Å². The number of pyridine rings is 2. The first-order valence-corrected chi connectivity index (χ1v) is 12.3. The van der Waals surface area contributed by atoms with Crippen LogP contribution in [-0.2, 0) is 6.54 Å². The second kappa shape index (κ2) is 9.61. The van der Waals surface area contributed by atoms with Crippen LogP contribution in [0.15, 0.2) is 46.8 Å². The summed E-state index contributed by atoms with van der Waals surface area (Å²) in [6.07, 6.45) is 2.81. The average Bonchev–Trinajstić information content (AvgIpc) is 3.29.